The zero-order chi connectivity index (χ0) is 22.9. The Hall–Kier alpha value is -1.30. The van der Waals surface area contributed by atoms with Crippen LogP contribution in [0.2, 0.25) is 0 Å². The van der Waals surface area contributed by atoms with E-state index in [1.54, 1.807) is 4.90 Å². The van der Waals surface area contributed by atoms with Gasteiger partial charge >= 0.3 is 6.09 Å². The van der Waals surface area contributed by atoms with Gasteiger partial charge in [0.05, 0.1) is 0 Å². The van der Waals surface area contributed by atoms with Crippen LogP contribution in [0.4, 0.5) is 4.79 Å². The Morgan fingerprint density at radius 1 is 1.06 bits per heavy atom. The SMILES string of the molecule is CCNC(=NCCCN1CCN(C(=O)OC(C)(C)C)CC1)NC1CCN(C(=O)CC)C1.I. The normalized spacial score (nSPS) is 20.0. The van der Waals surface area contributed by atoms with Crippen LogP contribution in [0.3, 0.4) is 0 Å². The van der Waals surface area contributed by atoms with Crippen molar-refractivity contribution in [2.75, 3.05) is 58.9 Å². The number of piperazine rings is 1. The molecule has 186 valence electrons. The molecule has 0 aliphatic carbocycles. The van der Waals surface area contributed by atoms with Crippen LogP contribution in [-0.4, -0.2) is 103 Å². The molecule has 2 aliphatic heterocycles. The average Bonchev–Trinajstić information content (AvgIpc) is 3.18. The minimum Gasteiger partial charge on any atom is -0.444 e. The first-order valence-electron chi connectivity index (χ1n) is 11.7. The summed E-state index contributed by atoms with van der Waals surface area (Å²) in [4.78, 5) is 34.8. The van der Waals surface area contributed by atoms with E-state index < -0.39 is 5.60 Å². The highest BCUT2D eigenvalue weighted by atomic mass is 127. The summed E-state index contributed by atoms with van der Waals surface area (Å²) in [5.41, 5.74) is -0.452. The van der Waals surface area contributed by atoms with Crippen molar-refractivity contribution in [1.29, 1.82) is 0 Å². The highest BCUT2D eigenvalue weighted by molar-refractivity contribution is 14.0. The van der Waals surface area contributed by atoms with Gasteiger partial charge in [-0.15, -0.1) is 24.0 Å². The van der Waals surface area contributed by atoms with E-state index in [1.807, 2.05) is 32.6 Å². The summed E-state index contributed by atoms with van der Waals surface area (Å²) in [5.74, 6) is 1.05. The van der Waals surface area contributed by atoms with Crippen LogP contribution in [-0.2, 0) is 9.53 Å². The molecule has 10 heteroatoms. The van der Waals surface area contributed by atoms with Crippen LogP contribution in [0.1, 0.15) is 53.9 Å². The van der Waals surface area contributed by atoms with Crippen LogP contribution in [0, 0.1) is 0 Å². The fourth-order valence-corrected chi connectivity index (χ4v) is 3.81. The number of carbonyl (C=O) groups is 2. The molecule has 2 N–H and O–H groups in total. The third kappa shape index (κ3) is 10.1. The van der Waals surface area contributed by atoms with Crippen molar-refractivity contribution >= 4 is 41.9 Å². The van der Waals surface area contributed by atoms with Crippen LogP contribution in [0.25, 0.3) is 0 Å². The van der Waals surface area contributed by atoms with Gasteiger partial charge in [0.2, 0.25) is 5.91 Å². The number of aliphatic imine (C=N–C) groups is 1. The lowest BCUT2D eigenvalue weighted by Crippen LogP contribution is -2.50. The highest BCUT2D eigenvalue weighted by Gasteiger charge is 2.26. The number of amides is 2. The summed E-state index contributed by atoms with van der Waals surface area (Å²) in [5, 5.41) is 6.78. The molecule has 2 rings (SSSR count). The molecule has 0 radical (unpaired) electrons. The number of nitrogens with one attached hydrogen (secondary N) is 2. The molecule has 0 aromatic rings. The number of hydrogen-bond donors (Lipinski definition) is 2. The lowest BCUT2D eigenvalue weighted by atomic mass is 10.2. The van der Waals surface area contributed by atoms with Crippen molar-refractivity contribution in [1.82, 2.24) is 25.3 Å². The third-order valence-electron chi connectivity index (χ3n) is 5.45. The summed E-state index contributed by atoms with van der Waals surface area (Å²) in [6, 6.07) is 0.259. The smallest absolute Gasteiger partial charge is 0.410 e. The van der Waals surface area contributed by atoms with Crippen molar-refractivity contribution in [2.45, 2.75) is 65.5 Å². The Kier molecular flexibility index (Phi) is 12.6. The second kappa shape index (κ2) is 14.1. The quantitative estimate of drug-likeness (QED) is 0.213. The molecule has 2 saturated heterocycles. The van der Waals surface area contributed by atoms with Gasteiger partial charge in [0, 0.05) is 71.4 Å². The maximum atomic E-state index is 12.2. The van der Waals surface area contributed by atoms with Gasteiger partial charge in [0.1, 0.15) is 5.60 Å². The molecule has 1 atom stereocenters. The minimum atomic E-state index is -0.452. The number of nitrogens with zero attached hydrogens (tertiary/aromatic N) is 4. The molecule has 0 aromatic carbocycles. The molecule has 9 nitrogen and oxygen atoms in total. The monoisotopic (exact) mass is 566 g/mol. The molecule has 2 amide bonds. The standard InChI is InChI=1S/C22H42N6O3.HI/c1-6-19(29)28-12-9-18(17-28)25-20(23-7-2)24-10-8-11-26-13-15-27(16-14-26)21(30)31-22(3,4)5;/h18H,6-17H2,1-5H3,(H2,23,24,25);1H. The summed E-state index contributed by atoms with van der Waals surface area (Å²) >= 11 is 0. The van der Waals surface area contributed by atoms with E-state index in [2.05, 4.69) is 22.5 Å². The van der Waals surface area contributed by atoms with Gasteiger partial charge in [-0.25, -0.2) is 4.79 Å². The summed E-state index contributed by atoms with van der Waals surface area (Å²) in [6.45, 7) is 16.9. The Labute approximate surface area is 210 Å². The number of hydrogen-bond acceptors (Lipinski definition) is 5. The van der Waals surface area contributed by atoms with E-state index in [4.69, 9.17) is 9.73 Å². The Morgan fingerprint density at radius 3 is 2.34 bits per heavy atom. The molecule has 0 aromatic heterocycles. The maximum Gasteiger partial charge on any atom is 0.410 e. The summed E-state index contributed by atoms with van der Waals surface area (Å²) in [6.07, 6.45) is 2.27. The maximum absolute atomic E-state index is 12.2. The first-order chi connectivity index (χ1) is 14.7. The van der Waals surface area contributed by atoms with E-state index in [0.717, 1.165) is 64.6 Å². The summed E-state index contributed by atoms with van der Waals surface area (Å²) < 4.78 is 5.46. The van der Waals surface area contributed by atoms with Crippen LogP contribution < -0.4 is 10.6 Å². The van der Waals surface area contributed by atoms with Gasteiger partial charge in [-0.3, -0.25) is 14.7 Å². The fraction of sp³-hybridized carbons (Fsp3) is 0.864. The second-order valence-corrected chi connectivity index (χ2v) is 9.25. The predicted molar refractivity (Wildman–Crippen MR) is 139 cm³/mol. The largest absolute Gasteiger partial charge is 0.444 e. The number of rotatable bonds is 7. The van der Waals surface area contributed by atoms with Crippen molar-refractivity contribution in [2.24, 2.45) is 4.99 Å². The molecule has 32 heavy (non-hydrogen) atoms. The molecular weight excluding hydrogens is 523 g/mol. The zero-order valence-corrected chi connectivity index (χ0v) is 22.8. The van der Waals surface area contributed by atoms with E-state index in [-0.39, 0.29) is 42.0 Å². The highest BCUT2D eigenvalue weighted by Crippen LogP contribution is 2.12. The Balaban J connectivity index is 0.00000512. The van der Waals surface area contributed by atoms with Gasteiger partial charge in [-0.1, -0.05) is 6.92 Å². The van der Waals surface area contributed by atoms with E-state index >= 15 is 0 Å². The number of likely N-dealkylation sites (tertiary alicyclic amines) is 1. The molecule has 2 aliphatic rings. The fourth-order valence-electron chi connectivity index (χ4n) is 3.81. The molecule has 2 fully saturated rings. The van der Waals surface area contributed by atoms with Crippen LogP contribution in [0.5, 0.6) is 0 Å². The number of carbonyl (C=O) groups excluding carboxylic acids is 2. The van der Waals surface area contributed by atoms with E-state index in [9.17, 15) is 9.59 Å². The van der Waals surface area contributed by atoms with Gasteiger partial charge < -0.3 is 25.2 Å². The molecule has 0 spiro atoms. The predicted octanol–water partition coefficient (Wildman–Crippen LogP) is 2.11. The molecule has 1 unspecified atom stereocenters. The van der Waals surface area contributed by atoms with Crippen molar-refractivity contribution in [3.8, 4) is 0 Å². The molecule has 0 bridgehead atoms. The number of halogens is 1. The van der Waals surface area contributed by atoms with Gasteiger partial charge in [-0.2, -0.15) is 0 Å². The Morgan fingerprint density at radius 2 is 1.75 bits per heavy atom. The summed E-state index contributed by atoms with van der Waals surface area (Å²) in [7, 11) is 0. The number of guanidine groups is 1. The van der Waals surface area contributed by atoms with Gasteiger partial charge in [0.15, 0.2) is 5.96 Å². The second-order valence-electron chi connectivity index (χ2n) is 9.25. The first kappa shape index (κ1) is 28.7. The number of ether oxygens (including phenoxy) is 1. The van der Waals surface area contributed by atoms with Crippen molar-refractivity contribution < 1.29 is 14.3 Å². The zero-order valence-electron chi connectivity index (χ0n) is 20.5. The van der Waals surface area contributed by atoms with Crippen LogP contribution >= 0.6 is 24.0 Å². The molecule has 0 saturated carbocycles. The molecule has 2 heterocycles. The minimum absolute atomic E-state index is 0. The molecular formula is C22H43IN6O3. The van der Waals surface area contributed by atoms with Crippen LogP contribution in [0.15, 0.2) is 4.99 Å². The van der Waals surface area contributed by atoms with E-state index in [0.29, 0.717) is 19.5 Å². The lowest BCUT2D eigenvalue weighted by Gasteiger charge is -2.35. The van der Waals surface area contributed by atoms with E-state index in [1.165, 1.54) is 0 Å². The third-order valence-corrected chi connectivity index (χ3v) is 5.45. The lowest BCUT2D eigenvalue weighted by molar-refractivity contribution is -0.129. The topological polar surface area (TPSA) is 89.5 Å². The van der Waals surface area contributed by atoms with Crippen molar-refractivity contribution in [3.63, 3.8) is 0 Å². The van der Waals surface area contributed by atoms with Gasteiger partial charge in [-0.05, 0) is 40.5 Å². The van der Waals surface area contributed by atoms with Crippen molar-refractivity contribution in [3.05, 3.63) is 0 Å². The average molecular weight is 567 g/mol. The van der Waals surface area contributed by atoms with Gasteiger partial charge in [0.25, 0.3) is 0 Å². The first-order valence-corrected chi connectivity index (χ1v) is 11.7. The Bertz CT molecular complexity index is 617.